The molecule has 21 heavy (non-hydrogen) atoms. The summed E-state index contributed by atoms with van der Waals surface area (Å²) in [6, 6.07) is 3.82. The number of carbonyl (C=O) groups excluding carboxylic acids is 1. The summed E-state index contributed by atoms with van der Waals surface area (Å²) in [5, 5.41) is 5.49. The lowest BCUT2D eigenvalue weighted by atomic mass is 10.0. The normalized spacial score (nSPS) is 12.4. The van der Waals surface area contributed by atoms with Gasteiger partial charge in [0.1, 0.15) is 11.5 Å². The van der Waals surface area contributed by atoms with Crippen LogP contribution in [0.3, 0.4) is 0 Å². The Morgan fingerprint density at radius 3 is 2.76 bits per heavy atom. The predicted molar refractivity (Wildman–Crippen MR) is 84.5 cm³/mol. The van der Waals surface area contributed by atoms with Crippen LogP contribution in [0.2, 0.25) is 0 Å². The van der Waals surface area contributed by atoms with Gasteiger partial charge in [-0.05, 0) is 25.0 Å². The Bertz CT molecular complexity index is 578. The topological polar surface area (TPSA) is 58.4 Å². The van der Waals surface area contributed by atoms with Gasteiger partial charge in [-0.1, -0.05) is 13.8 Å². The lowest BCUT2D eigenvalue weighted by Gasteiger charge is -2.30. The monoisotopic (exact) mass is 307 g/mol. The average Bonchev–Trinajstić information content (AvgIpc) is 3.14. The maximum absolute atomic E-state index is 12.7. The summed E-state index contributed by atoms with van der Waals surface area (Å²) in [4.78, 5) is 18.9. The van der Waals surface area contributed by atoms with Gasteiger partial charge in [-0.15, -0.1) is 11.3 Å². The van der Waals surface area contributed by atoms with Gasteiger partial charge in [0.25, 0.3) is 5.91 Å². The van der Waals surface area contributed by atoms with Gasteiger partial charge in [0.15, 0.2) is 5.13 Å². The highest BCUT2D eigenvalue weighted by Crippen LogP contribution is 2.21. The van der Waals surface area contributed by atoms with Gasteiger partial charge >= 0.3 is 0 Å². The number of anilines is 1. The van der Waals surface area contributed by atoms with Gasteiger partial charge in [0, 0.05) is 18.5 Å². The first-order valence-corrected chi connectivity index (χ1v) is 7.87. The molecular weight excluding hydrogens is 286 g/mol. The molecule has 2 heterocycles. The summed E-state index contributed by atoms with van der Waals surface area (Å²) >= 11 is 1.43. The molecule has 0 saturated carbocycles. The summed E-state index contributed by atoms with van der Waals surface area (Å²) in [5.41, 5.74) is 0.475. The molecule has 0 saturated heterocycles. The molecule has 0 fully saturated rings. The standard InChI is InChI=1S/C15H21N3O2S/c1-10(2)11(3)18(8-12-6-5-7-20-12)14(19)13-9-21-15(16-4)17-13/h5-7,9-11H,8H2,1-4H3,(H,16,17)/t11-/m1/s1. The summed E-state index contributed by atoms with van der Waals surface area (Å²) in [5.74, 6) is 1.07. The largest absolute Gasteiger partial charge is 0.467 e. The van der Waals surface area contributed by atoms with Gasteiger partial charge < -0.3 is 14.6 Å². The van der Waals surface area contributed by atoms with Crippen molar-refractivity contribution in [3.63, 3.8) is 0 Å². The van der Waals surface area contributed by atoms with Crippen LogP contribution < -0.4 is 5.32 Å². The second-order valence-electron chi connectivity index (χ2n) is 5.28. The van der Waals surface area contributed by atoms with E-state index in [1.807, 2.05) is 17.0 Å². The van der Waals surface area contributed by atoms with Crippen molar-refractivity contribution in [2.45, 2.75) is 33.4 Å². The van der Waals surface area contributed by atoms with Gasteiger partial charge in [-0.2, -0.15) is 0 Å². The fourth-order valence-electron chi connectivity index (χ4n) is 1.96. The minimum absolute atomic E-state index is 0.0645. The third kappa shape index (κ3) is 3.64. The van der Waals surface area contributed by atoms with Crippen molar-refractivity contribution in [2.75, 3.05) is 12.4 Å². The van der Waals surface area contributed by atoms with Crippen molar-refractivity contribution in [1.29, 1.82) is 0 Å². The molecule has 114 valence electrons. The third-order valence-corrected chi connectivity index (χ3v) is 4.42. The molecule has 1 atom stereocenters. The lowest BCUT2D eigenvalue weighted by molar-refractivity contribution is 0.0606. The highest BCUT2D eigenvalue weighted by molar-refractivity contribution is 7.13. The summed E-state index contributed by atoms with van der Waals surface area (Å²) < 4.78 is 5.38. The molecule has 0 aromatic carbocycles. The van der Waals surface area contributed by atoms with E-state index in [-0.39, 0.29) is 11.9 Å². The van der Waals surface area contributed by atoms with Crippen molar-refractivity contribution in [3.8, 4) is 0 Å². The molecule has 0 spiro atoms. The molecular formula is C15H21N3O2S. The number of furan rings is 1. The Balaban J connectivity index is 2.23. The van der Waals surface area contributed by atoms with E-state index in [4.69, 9.17) is 4.42 Å². The SMILES string of the molecule is CNc1nc(C(=O)N(Cc2ccco2)[C@H](C)C(C)C)cs1. The van der Waals surface area contributed by atoms with E-state index in [0.717, 1.165) is 10.9 Å². The van der Waals surface area contributed by atoms with E-state index in [1.165, 1.54) is 11.3 Å². The van der Waals surface area contributed by atoms with E-state index >= 15 is 0 Å². The summed E-state index contributed by atoms with van der Waals surface area (Å²) in [6.45, 7) is 6.72. The number of hydrogen-bond acceptors (Lipinski definition) is 5. The van der Waals surface area contributed by atoms with E-state index in [0.29, 0.717) is 18.2 Å². The van der Waals surface area contributed by atoms with Gasteiger partial charge in [0.05, 0.1) is 12.8 Å². The molecule has 0 radical (unpaired) electrons. The van der Waals surface area contributed by atoms with Crippen LogP contribution in [-0.2, 0) is 6.54 Å². The Labute approximate surface area is 129 Å². The van der Waals surface area contributed by atoms with Crippen LogP contribution in [0, 0.1) is 5.92 Å². The first kappa shape index (κ1) is 15.6. The maximum atomic E-state index is 12.7. The molecule has 2 rings (SSSR count). The molecule has 0 aliphatic carbocycles. The third-order valence-electron chi connectivity index (χ3n) is 3.56. The van der Waals surface area contributed by atoms with E-state index in [2.05, 4.69) is 31.1 Å². The van der Waals surface area contributed by atoms with Crippen LogP contribution in [0.25, 0.3) is 0 Å². The quantitative estimate of drug-likeness (QED) is 0.888. The van der Waals surface area contributed by atoms with Crippen LogP contribution in [0.1, 0.15) is 37.0 Å². The Kier molecular flexibility index (Phi) is 5.01. The maximum Gasteiger partial charge on any atom is 0.274 e. The Morgan fingerprint density at radius 1 is 1.48 bits per heavy atom. The fraction of sp³-hybridized carbons (Fsp3) is 0.467. The molecule has 2 aromatic heterocycles. The number of amides is 1. The number of rotatable bonds is 6. The second-order valence-corrected chi connectivity index (χ2v) is 6.14. The first-order valence-electron chi connectivity index (χ1n) is 6.99. The van der Waals surface area contributed by atoms with Crippen molar-refractivity contribution in [3.05, 3.63) is 35.2 Å². The molecule has 5 nitrogen and oxygen atoms in total. The van der Waals surface area contributed by atoms with E-state index < -0.39 is 0 Å². The molecule has 0 bridgehead atoms. The van der Waals surface area contributed by atoms with Gasteiger partial charge in [0.2, 0.25) is 0 Å². The smallest absolute Gasteiger partial charge is 0.274 e. The second kappa shape index (κ2) is 6.76. The van der Waals surface area contributed by atoms with Crippen LogP contribution >= 0.6 is 11.3 Å². The lowest BCUT2D eigenvalue weighted by Crippen LogP contribution is -2.41. The number of aromatic nitrogens is 1. The zero-order valence-electron chi connectivity index (χ0n) is 12.8. The van der Waals surface area contributed by atoms with Crippen molar-refractivity contribution < 1.29 is 9.21 Å². The minimum atomic E-state index is -0.0645. The van der Waals surface area contributed by atoms with Crippen LogP contribution in [0.4, 0.5) is 5.13 Å². The van der Waals surface area contributed by atoms with E-state index in [1.54, 1.807) is 18.7 Å². The highest BCUT2D eigenvalue weighted by atomic mass is 32.1. The molecule has 0 unspecified atom stereocenters. The number of carbonyl (C=O) groups is 1. The van der Waals surface area contributed by atoms with Crippen molar-refractivity contribution in [2.24, 2.45) is 5.92 Å². The molecule has 0 aliphatic rings. The highest BCUT2D eigenvalue weighted by Gasteiger charge is 2.26. The minimum Gasteiger partial charge on any atom is -0.467 e. The van der Waals surface area contributed by atoms with Crippen LogP contribution in [-0.4, -0.2) is 28.9 Å². The summed E-state index contributed by atoms with van der Waals surface area (Å²) in [7, 11) is 1.80. The molecule has 6 heteroatoms. The molecule has 0 aliphatic heterocycles. The van der Waals surface area contributed by atoms with Gasteiger partial charge in [-0.25, -0.2) is 4.98 Å². The predicted octanol–water partition coefficient (Wildman–Crippen LogP) is 3.46. The number of nitrogens with zero attached hydrogens (tertiary/aromatic N) is 2. The van der Waals surface area contributed by atoms with Crippen molar-refractivity contribution >= 4 is 22.4 Å². The fourth-order valence-corrected chi connectivity index (χ4v) is 2.61. The first-order chi connectivity index (χ1) is 10.0. The average molecular weight is 307 g/mol. The Morgan fingerprint density at radius 2 is 2.24 bits per heavy atom. The zero-order chi connectivity index (χ0) is 15.4. The van der Waals surface area contributed by atoms with E-state index in [9.17, 15) is 4.79 Å². The van der Waals surface area contributed by atoms with Gasteiger partial charge in [-0.3, -0.25) is 4.79 Å². The Hall–Kier alpha value is -1.82. The van der Waals surface area contributed by atoms with Crippen LogP contribution in [0.5, 0.6) is 0 Å². The number of hydrogen-bond donors (Lipinski definition) is 1. The summed E-state index contributed by atoms with van der Waals surface area (Å²) in [6.07, 6.45) is 1.62. The molecule has 1 N–H and O–H groups in total. The molecule has 1 amide bonds. The van der Waals surface area contributed by atoms with Crippen molar-refractivity contribution in [1.82, 2.24) is 9.88 Å². The zero-order valence-corrected chi connectivity index (χ0v) is 13.6. The number of nitrogens with one attached hydrogen (secondary N) is 1. The number of thiazole rings is 1. The van der Waals surface area contributed by atoms with Crippen LogP contribution in [0.15, 0.2) is 28.2 Å². The molecule has 2 aromatic rings.